The molecule has 16 heavy (non-hydrogen) atoms. The molecule has 0 heterocycles. The quantitative estimate of drug-likeness (QED) is 0.706. The number of primary amides is 1. The highest BCUT2D eigenvalue weighted by molar-refractivity contribution is 5.74. The first-order valence-electron chi connectivity index (χ1n) is 6.53. The molecule has 1 aliphatic carbocycles. The lowest BCUT2D eigenvalue weighted by Crippen LogP contribution is -2.44. The zero-order valence-electron chi connectivity index (χ0n) is 10.7. The Morgan fingerprint density at radius 1 is 1.25 bits per heavy atom. The zero-order valence-corrected chi connectivity index (χ0v) is 10.7. The Balaban J connectivity index is 2.28. The van der Waals surface area contributed by atoms with Gasteiger partial charge in [-0.3, -0.25) is 4.79 Å². The third-order valence-corrected chi connectivity index (χ3v) is 3.46. The molecule has 3 N–H and O–H groups in total. The van der Waals surface area contributed by atoms with E-state index in [9.17, 15) is 4.79 Å². The third kappa shape index (κ3) is 5.50. The molecular formula is C13H26N2O. The molecule has 3 nitrogen and oxygen atoms in total. The summed E-state index contributed by atoms with van der Waals surface area (Å²) in [6.45, 7) is 5.13. The lowest BCUT2D eigenvalue weighted by molar-refractivity contribution is -0.119. The average Bonchev–Trinajstić information content (AvgIpc) is 2.40. The summed E-state index contributed by atoms with van der Waals surface area (Å²) in [5.74, 6) is 0.563. The Bertz CT molecular complexity index is 218. The van der Waals surface area contributed by atoms with Crippen LogP contribution in [-0.2, 0) is 4.79 Å². The normalized spacial score (nSPS) is 19.4. The van der Waals surface area contributed by atoms with E-state index in [1.54, 1.807) is 0 Å². The molecule has 0 saturated heterocycles. The first-order chi connectivity index (χ1) is 7.49. The van der Waals surface area contributed by atoms with Crippen molar-refractivity contribution in [3.63, 3.8) is 0 Å². The predicted octanol–water partition coefficient (Wildman–Crippen LogP) is 2.20. The van der Waals surface area contributed by atoms with E-state index in [-0.39, 0.29) is 11.4 Å². The van der Waals surface area contributed by atoms with Crippen molar-refractivity contribution in [2.75, 3.05) is 6.54 Å². The van der Waals surface area contributed by atoms with E-state index < -0.39 is 0 Å². The van der Waals surface area contributed by atoms with Crippen molar-refractivity contribution in [3.05, 3.63) is 0 Å². The van der Waals surface area contributed by atoms with Crippen LogP contribution in [0.25, 0.3) is 0 Å². The van der Waals surface area contributed by atoms with E-state index in [1.165, 1.54) is 38.5 Å². The van der Waals surface area contributed by atoms with Crippen LogP contribution < -0.4 is 11.1 Å². The standard InChI is InChI=1S/C13H26N2O/c1-13(2,9-12(14)16)15-10-11-7-5-3-4-6-8-11/h11,15H,3-10H2,1-2H3,(H2,14,16). The Labute approximate surface area is 99.2 Å². The minimum atomic E-state index is -0.224. The molecule has 0 aromatic carbocycles. The summed E-state index contributed by atoms with van der Waals surface area (Å²) < 4.78 is 0. The van der Waals surface area contributed by atoms with Gasteiger partial charge < -0.3 is 11.1 Å². The van der Waals surface area contributed by atoms with Crippen LogP contribution in [0.1, 0.15) is 58.8 Å². The largest absolute Gasteiger partial charge is 0.370 e. The molecule has 3 heteroatoms. The highest BCUT2D eigenvalue weighted by Gasteiger charge is 2.21. The number of carbonyl (C=O) groups excluding carboxylic acids is 1. The number of hydrogen-bond acceptors (Lipinski definition) is 2. The molecule has 0 aromatic rings. The van der Waals surface area contributed by atoms with Crippen LogP contribution in [0.15, 0.2) is 0 Å². The van der Waals surface area contributed by atoms with Gasteiger partial charge in [-0.25, -0.2) is 0 Å². The fourth-order valence-electron chi connectivity index (χ4n) is 2.49. The fourth-order valence-corrected chi connectivity index (χ4v) is 2.49. The van der Waals surface area contributed by atoms with Crippen LogP contribution in [0.5, 0.6) is 0 Å². The second-order valence-electron chi connectivity index (χ2n) is 5.77. The highest BCUT2D eigenvalue weighted by atomic mass is 16.1. The summed E-state index contributed by atoms with van der Waals surface area (Å²) in [4.78, 5) is 10.9. The molecule has 1 fully saturated rings. The van der Waals surface area contributed by atoms with Crippen LogP contribution in [-0.4, -0.2) is 18.0 Å². The minimum absolute atomic E-state index is 0.155. The summed E-state index contributed by atoms with van der Waals surface area (Å²) in [7, 11) is 0. The molecule has 94 valence electrons. The van der Waals surface area contributed by atoms with Gasteiger partial charge >= 0.3 is 0 Å². The smallest absolute Gasteiger partial charge is 0.219 e. The molecule has 1 amide bonds. The van der Waals surface area contributed by atoms with Gasteiger partial charge in [-0.2, -0.15) is 0 Å². The Kier molecular flexibility index (Phi) is 5.26. The summed E-state index contributed by atoms with van der Waals surface area (Å²) >= 11 is 0. The van der Waals surface area contributed by atoms with E-state index in [4.69, 9.17) is 5.73 Å². The minimum Gasteiger partial charge on any atom is -0.370 e. The molecule has 0 bridgehead atoms. The van der Waals surface area contributed by atoms with E-state index in [1.807, 2.05) is 0 Å². The molecule has 1 aliphatic rings. The maximum atomic E-state index is 10.9. The van der Waals surface area contributed by atoms with Gasteiger partial charge in [-0.1, -0.05) is 25.7 Å². The zero-order chi connectivity index (χ0) is 12.0. The highest BCUT2D eigenvalue weighted by Crippen LogP contribution is 2.23. The van der Waals surface area contributed by atoms with Gasteiger partial charge in [-0.15, -0.1) is 0 Å². The van der Waals surface area contributed by atoms with Crippen molar-refractivity contribution in [2.24, 2.45) is 11.7 Å². The Morgan fingerprint density at radius 3 is 2.31 bits per heavy atom. The van der Waals surface area contributed by atoms with Crippen molar-refractivity contribution in [1.82, 2.24) is 5.32 Å². The van der Waals surface area contributed by atoms with Crippen molar-refractivity contribution in [2.45, 2.75) is 64.3 Å². The molecule has 1 saturated carbocycles. The van der Waals surface area contributed by atoms with Gasteiger partial charge in [0.25, 0.3) is 0 Å². The Morgan fingerprint density at radius 2 is 1.81 bits per heavy atom. The van der Waals surface area contributed by atoms with E-state index in [0.717, 1.165) is 12.5 Å². The van der Waals surface area contributed by atoms with Crippen molar-refractivity contribution in [1.29, 1.82) is 0 Å². The maximum absolute atomic E-state index is 10.9. The molecule has 0 unspecified atom stereocenters. The van der Waals surface area contributed by atoms with Gasteiger partial charge in [0, 0.05) is 12.0 Å². The van der Waals surface area contributed by atoms with Crippen LogP contribution in [0, 0.1) is 5.92 Å². The van der Waals surface area contributed by atoms with Crippen LogP contribution in [0.2, 0.25) is 0 Å². The Hall–Kier alpha value is -0.570. The van der Waals surface area contributed by atoms with Crippen molar-refractivity contribution < 1.29 is 4.79 Å². The molecule has 0 radical (unpaired) electrons. The van der Waals surface area contributed by atoms with Gasteiger partial charge in [0.2, 0.25) is 5.91 Å². The number of amides is 1. The van der Waals surface area contributed by atoms with Gasteiger partial charge in [-0.05, 0) is 39.2 Å². The first kappa shape index (κ1) is 13.5. The van der Waals surface area contributed by atoms with Gasteiger partial charge in [0.1, 0.15) is 0 Å². The average molecular weight is 226 g/mol. The van der Waals surface area contributed by atoms with Gasteiger partial charge in [0.15, 0.2) is 0 Å². The number of nitrogens with two attached hydrogens (primary N) is 1. The molecule has 0 atom stereocenters. The van der Waals surface area contributed by atoms with Crippen molar-refractivity contribution in [3.8, 4) is 0 Å². The van der Waals surface area contributed by atoms with E-state index >= 15 is 0 Å². The third-order valence-electron chi connectivity index (χ3n) is 3.46. The SMILES string of the molecule is CC(C)(CC(N)=O)NCC1CCCCCC1. The number of carbonyl (C=O) groups is 1. The van der Waals surface area contributed by atoms with Crippen LogP contribution >= 0.6 is 0 Å². The second-order valence-corrected chi connectivity index (χ2v) is 5.77. The monoisotopic (exact) mass is 226 g/mol. The topological polar surface area (TPSA) is 55.1 Å². The first-order valence-corrected chi connectivity index (χ1v) is 6.53. The van der Waals surface area contributed by atoms with Gasteiger partial charge in [0.05, 0.1) is 0 Å². The maximum Gasteiger partial charge on any atom is 0.219 e. The lowest BCUT2D eigenvalue weighted by atomic mass is 9.96. The van der Waals surface area contributed by atoms with Crippen molar-refractivity contribution >= 4 is 5.91 Å². The summed E-state index contributed by atoms with van der Waals surface area (Å²) in [6, 6.07) is 0. The fraction of sp³-hybridized carbons (Fsp3) is 0.923. The van der Waals surface area contributed by atoms with E-state index in [0.29, 0.717) is 6.42 Å². The molecule has 0 aromatic heterocycles. The number of hydrogen-bond donors (Lipinski definition) is 2. The number of rotatable bonds is 5. The number of nitrogens with one attached hydrogen (secondary N) is 1. The summed E-state index contributed by atoms with van der Waals surface area (Å²) in [5.41, 5.74) is 5.08. The summed E-state index contributed by atoms with van der Waals surface area (Å²) in [5, 5.41) is 3.49. The van der Waals surface area contributed by atoms with E-state index in [2.05, 4.69) is 19.2 Å². The molecular weight excluding hydrogens is 200 g/mol. The second kappa shape index (κ2) is 6.24. The molecule has 0 aliphatic heterocycles. The lowest BCUT2D eigenvalue weighted by Gasteiger charge is -2.27. The molecule has 0 spiro atoms. The van der Waals surface area contributed by atoms with Crippen LogP contribution in [0.4, 0.5) is 0 Å². The molecule has 1 rings (SSSR count). The predicted molar refractivity (Wildman–Crippen MR) is 67.1 cm³/mol. The summed E-state index contributed by atoms with van der Waals surface area (Å²) in [6.07, 6.45) is 8.59. The van der Waals surface area contributed by atoms with Crippen LogP contribution in [0.3, 0.4) is 0 Å².